The first-order valence-corrected chi connectivity index (χ1v) is 7.57. The third-order valence-electron chi connectivity index (χ3n) is 3.62. The lowest BCUT2D eigenvalue weighted by Gasteiger charge is -2.21. The number of aliphatic hydroxyl groups is 1. The van der Waals surface area contributed by atoms with Gasteiger partial charge in [-0.3, -0.25) is 4.79 Å². The smallest absolute Gasteiger partial charge is 0.269 e. The molecule has 8 nitrogen and oxygen atoms in total. The summed E-state index contributed by atoms with van der Waals surface area (Å²) >= 11 is 0. The number of nitrogens with one attached hydrogen (secondary N) is 1. The number of carbonyl (C=O) groups excluding carboxylic acids is 1. The van der Waals surface area contributed by atoms with E-state index >= 15 is 0 Å². The number of hydrogen-bond acceptors (Lipinski definition) is 4. The third kappa shape index (κ3) is 4.77. The number of aromatic nitrogens is 1. The van der Waals surface area contributed by atoms with Crippen molar-refractivity contribution >= 4 is 11.7 Å². The Morgan fingerprint density at radius 3 is 2.54 bits per heavy atom. The van der Waals surface area contributed by atoms with Crippen LogP contribution in [0.3, 0.4) is 0 Å². The summed E-state index contributed by atoms with van der Waals surface area (Å²) in [5.41, 5.74) is 10.2. The largest absolute Gasteiger partial charge is 0.386 e. The second-order valence-corrected chi connectivity index (χ2v) is 5.30. The van der Waals surface area contributed by atoms with Gasteiger partial charge in [-0.2, -0.15) is 0 Å². The number of benzene rings is 1. The fourth-order valence-electron chi connectivity index (χ4n) is 2.28. The molecule has 1 aromatic heterocycles. The zero-order valence-corrected chi connectivity index (χ0v) is 13.6. The predicted octanol–water partition coefficient (Wildman–Crippen LogP) is 3.10. The molecule has 0 aliphatic heterocycles. The second-order valence-electron chi connectivity index (χ2n) is 5.30. The molecule has 0 aliphatic carbocycles. The monoisotopic (exact) mass is 354 g/mol. The van der Waals surface area contributed by atoms with Gasteiger partial charge in [-0.05, 0) is 22.7 Å². The molecule has 0 radical (unpaired) electrons. The van der Waals surface area contributed by atoms with Gasteiger partial charge in [0.1, 0.15) is 25.5 Å². The number of amides is 1. The lowest BCUT2D eigenvalue weighted by atomic mass is 9.99. The Morgan fingerprint density at radius 2 is 2.00 bits per heavy atom. The van der Waals surface area contributed by atoms with Crippen LogP contribution in [0.4, 0.5) is 10.2 Å². The molecule has 0 aliphatic rings. The van der Waals surface area contributed by atoms with Gasteiger partial charge in [-0.1, -0.05) is 42.0 Å². The van der Waals surface area contributed by atoms with Crippen LogP contribution in [0.5, 0.6) is 0 Å². The summed E-state index contributed by atoms with van der Waals surface area (Å²) in [6.07, 6.45) is 0.311. The van der Waals surface area contributed by atoms with Crippen LogP contribution in [0, 0.1) is 6.57 Å². The summed E-state index contributed by atoms with van der Waals surface area (Å²) in [5.74, 6) is -0.379. The molecule has 0 bridgehead atoms. The minimum atomic E-state index is -1.26. The van der Waals surface area contributed by atoms with Crippen molar-refractivity contribution in [1.82, 2.24) is 10.3 Å². The van der Waals surface area contributed by atoms with Crippen molar-refractivity contribution in [2.45, 2.75) is 12.1 Å². The SMILES string of the molecule is [C-]#[N+]c1ccc(-c2ccc([C@@H](O)[C@@H](CF)NC(=O)CN=[N+]=[N-])cc2)cn1. The third-order valence-corrected chi connectivity index (χ3v) is 3.62. The number of pyridine rings is 1. The number of azide groups is 1. The molecule has 1 amide bonds. The van der Waals surface area contributed by atoms with Crippen molar-refractivity contribution in [2.75, 3.05) is 13.2 Å². The molecule has 2 rings (SSSR count). The van der Waals surface area contributed by atoms with E-state index in [-0.39, 0.29) is 0 Å². The second kappa shape index (κ2) is 9.13. The maximum Gasteiger partial charge on any atom is 0.269 e. The predicted molar refractivity (Wildman–Crippen MR) is 92.8 cm³/mol. The minimum Gasteiger partial charge on any atom is -0.386 e. The van der Waals surface area contributed by atoms with Gasteiger partial charge in [0.15, 0.2) is 0 Å². The Bertz CT molecular complexity index is 841. The van der Waals surface area contributed by atoms with E-state index in [4.69, 9.17) is 12.1 Å². The number of alkyl halides is 1. The topological polar surface area (TPSA) is 115 Å². The molecule has 0 spiro atoms. The van der Waals surface area contributed by atoms with Crippen molar-refractivity contribution in [1.29, 1.82) is 0 Å². The summed E-state index contributed by atoms with van der Waals surface area (Å²) in [5, 5.41) is 15.7. The van der Waals surface area contributed by atoms with E-state index in [1.807, 2.05) is 0 Å². The van der Waals surface area contributed by atoms with Crippen LogP contribution in [0.15, 0.2) is 47.7 Å². The highest BCUT2D eigenvalue weighted by atomic mass is 19.1. The first-order chi connectivity index (χ1) is 12.6. The normalized spacial score (nSPS) is 12.3. The maximum absolute atomic E-state index is 13.2. The quantitative estimate of drug-likeness (QED) is 0.344. The molecule has 1 heterocycles. The lowest BCUT2D eigenvalue weighted by Crippen LogP contribution is -2.41. The molecule has 2 atom stereocenters. The molecule has 9 heteroatoms. The first kappa shape index (κ1) is 18.9. The van der Waals surface area contributed by atoms with E-state index in [9.17, 15) is 14.3 Å². The van der Waals surface area contributed by atoms with Crippen molar-refractivity contribution in [3.63, 3.8) is 0 Å². The number of nitrogens with zero attached hydrogens (tertiary/aromatic N) is 5. The van der Waals surface area contributed by atoms with Gasteiger partial charge in [0.25, 0.3) is 5.82 Å². The Labute approximate surface area is 148 Å². The molecular weight excluding hydrogens is 339 g/mol. The molecule has 0 unspecified atom stereocenters. The number of carbonyl (C=O) groups is 1. The van der Waals surface area contributed by atoms with Gasteiger partial charge in [-0.15, -0.1) is 4.98 Å². The van der Waals surface area contributed by atoms with Gasteiger partial charge in [0.2, 0.25) is 5.91 Å². The van der Waals surface area contributed by atoms with Gasteiger partial charge >= 0.3 is 0 Å². The van der Waals surface area contributed by atoms with Gasteiger partial charge in [0, 0.05) is 10.5 Å². The van der Waals surface area contributed by atoms with Crippen molar-refractivity contribution in [3.8, 4) is 11.1 Å². The van der Waals surface area contributed by atoms with Crippen LogP contribution in [-0.2, 0) is 4.79 Å². The number of aliphatic hydroxyl groups excluding tert-OH is 1. The Balaban J connectivity index is 2.10. The molecule has 2 N–H and O–H groups in total. The zero-order valence-electron chi connectivity index (χ0n) is 13.6. The van der Waals surface area contributed by atoms with Crippen LogP contribution in [-0.4, -0.2) is 35.3 Å². The summed E-state index contributed by atoms with van der Waals surface area (Å²) in [6.45, 7) is 5.44. The average molecular weight is 354 g/mol. The van der Waals surface area contributed by atoms with Crippen LogP contribution >= 0.6 is 0 Å². The number of hydrogen-bond donors (Lipinski definition) is 2. The van der Waals surface area contributed by atoms with Gasteiger partial charge < -0.3 is 15.3 Å². The van der Waals surface area contributed by atoms with Crippen molar-refractivity contribution < 1.29 is 14.3 Å². The molecule has 26 heavy (non-hydrogen) atoms. The fourth-order valence-corrected chi connectivity index (χ4v) is 2.28. The molecule has 2 aromatic rings. The summed E-state index contributed by atoms with van der Waals surface area (Å²) < 4.78 is 13.2. The summed E-state index contributed by atoms with van der Waals surface area (Å²) in [4.78, 5) is 21.2. The van der Waals surface area contributed by atoms with Crippen LogP contribution in [0.25, 0.3) is 26.4 Å². The standard InChI is InChI=1S/C17H15FN6O2/c1-20-15-7-6-13(9-21-15)11-2-4-12(5-3-11)17(26)14(8-18)23-16(25)10-22-24-19/h2-7,9,14,17,26H,8,10H2,(H,23,25)/t14-,17-/m1/s1. The molecule has 0 fully saturated rings. The van der Waals surface area contributed by atoms with E-state index in [1.54, 1.807) is 42.6 Å². The summed E-state index contributed by atoms with van der Waals surface area (Å²) in [6, 6.07) is 8.89. The van der Waals surface area contributed by atoms with E-state index in [0.717, 1.165) is 11.1 Å². The van der Waals surface area contributed by atoms with Crippen LogP contribution in [0.2, 0.25) is 0 Å². The molecule has 1 aromatic carbocycles. The van der Waals surface area contributed by atoms with Crippen molar-refractivity contribution in [3.05, 3.63) is 70.0 Å². The van der Waals surface area contributed by atoms with E-state index in [2.05, 4.69) is 25.2 Å². The zero-order chi connectivity index (χ0) is 18.9. The van der Waals surface area contributed by atoms with E-state index in [0.29, 0.717) is 11.4 Å². The minimum absolute atomic E-state index is 0.294. The maximum atomic E-state index is 13.2. The highest BCUT2D eigenvalue weighted by Gasteiger charge is 2.22. The Morgan fingerprint density at radius 1 is 1.31 bits per heavy atom. The number of rotatable bonds is 7. The average Bonchev–Trinajstić information content (AvgIpc) is 2.70. The first-order valence-electron chi connectivity index (χ1n) is 7.57. The van der Waals surface area contributed by atoms with Crippen LogP contribution in [0.1, 0.15) is 11.7 Å². The molecule has 0 saturated heterocycles. The lowest BCUT2D eigenvalue weighted by molar-refractivity contribution is -0.121. The Hall–Kier alpha value is -3.47. The Kier molecular flexibility index (Phi) is 6.62. The summed E-state index contributed by atoms with van der Waals surface area (Å²) in [7, 11) is 0. The number of halogens is 1. The highest BCUT2D eigenvalue weighted by molar-refractivity contribution is 5.78. The van der Waals surface area contributed by atoms with Crippen LogP contribution < -0.4 is 5.32 Å². The molecule has 132 valence electrons. The van der Waals surface area contributed by atoms with E-state index < -0.39 is 31.3 Å². The van der Waals surface area contributed by atoms with Gasteiger partial charge in [0.05, 0.1) is 6.04 Å². The highest BCUT2D eigenvalue weighted by Crippen LogP contribution is 2.24. The van der Waals surface area contributed by atoms with Gasteiger partial charge in [-0.25, -0.2) is 4.39 Å². The molecular formula is C17H15FN6O2. The van der Waals surface area contributed by atoms with E-state index in [1.165, 1.54) is 0 Å². The molecule has 0 saturated carbocycles. The van der Waals surface area contributed by atoms with Crippen molar-refractivity contribution in [2.24, 2.45) is 5.11 Å². The fraction of sp³-hybridized carbons (Fsp3) is 0.235.